The van der Waals surface area contributed by atoms with Crippen LogP contribution in [0.2, 0.25) is 0 Å². The van der Waals surface area contributed by atoms with Gasteiger partial charge in [0.1, 0.15) is 11.2 Å². The number of benzene rings is 7. The highest BCUT2D eigenvalue weighted by Crippen LogP contribution is 2.42. The van der Waals surface area contributed by atoms with Crippen LogP contribution in [0.4, 0.5) is 0 Å². The molecule has 3 heterocycles. The molecule has 7 aromatic carbocycles. The van der Waals surface area contributed by atoms with Crippen LogP contribution in [-0.4, -0.2) is 19.5 Å². The van der Waals surface area contributed by atoms with Crippen LogP contribution in [0.15, 0.2) is 174 Å². The van der Waals surface area contributed by atoms with Crippen LogP contribution < -0.4 is 0 Å². The first-order valence-electron chi connectivity index (χ1n) is 19.6. The fourth-order valence-corrected chi connectivity index (χ4v) is 6.70. The van der Waals surface area contributed by atoms with Crippen LogP contribution >= 0.6 is 0 Å². The summed E-state index contributed by atoms with van der Waals surface area (Å²) >= 11 is 0. The van der Waals surface area contributed by atoms with Gasteiger partial charge in [-0.1, -0.05) is 133 Å². The Kier molecular flexibility index (Phi) is 4.99. The molecule has 5 nitrogen and oxygen atoms in total. The van der Waals surface area contributed by atoms with Crippen molar-refractivity contribution in [3.8, 4) is 51.0 Å². The molecule has 0 spiro atoms. The minimum Gasteiger partial charge on any atom is -0.456 e. The summed E-state index contributed by atoms with van der Waals surface area (Å²) in [5, 5.41) is 1.53. The van der Waals surface area contributed by atoms with Gasteiger partial charge in [0, 0.05) is 32.8 Å². The number of fused-ring (bicyclic) bond motifs is 6. The van der Waals surface area contributed by atoms with Gasteiger partial charge in [-0.3, -0.25) is 0 Å². The average Bonchev–Trinajstić information content (AvgIpc) is 3.81. The highest BCUT2D eigenvalue weighted by molar-refractivity contribution is 6.17. The standard InChI is InChI=1S/C45H28N4O/c1-4-14-29(15-5-1)32-26-27-35-40(28-32)50-39-25-13-24-38(41(35)39)49-37-23-11-10-20-33(37)34-21-12-22-36(42(34)49)45-47-43(30-16-6-2-7-17-30)46-44(48-45)31-18-8-3-9-19-31/h1-28H/i10D,11D,12D,20D,21D,22D,23D. The summed E-state index contributed by atoms with van der Waals surface area (Å²) < 4.78 is 72.1. The van der Waals surface area contributed by atoms with Crippen LogP contribution in [0.3, 0.4) is 0 Å². The Hall–Kier alpha value is -6.85. The van der Waals surface area contributed by atoms with Crippen LogP contribution in [0.25, 0.3) is 94.7 Å². The topological polar surface area (TPSA) is 56.7 Å². The number of aromatic nitrogens is 4. The fourth-order valence-electron chi connectivity index (χ4n) is 6.70. The number of hydrogen-bond acceptors (Lipinski definition) is 4. The number of rotatable bonds is 5. The minimum atomic E-state index is -0.479. The molecule has 0 bridgehead atoms. The molecule has 50 heavy (non-hydrogen) atoms. The quantitative estimate of drug-likeness (QED) is 0.186. The van der Waals surface area contributed by atoms with E-state index in [-0.39, 0.29) is 57.4 Å². The predicted octanol–water partition coefficient (Wildman–Crippen LogP) is 11.5. The van der Waals surface area contributed by atoms with Gasteiger partial charge in [0.2, 0.25) is 0 Å². The Morgan fingerprint density at radius 1 is 0.480 bits per heavy atom. The summed E-state index contributed by atoms with van der Waals surface area (Å²) in [7, 11) is 0. The van der Waals surface area contributed by atoms with Crippen molar-refractivity contribution in [2.24, 2.45) is 0 Å². The molecule has 0 aliphatic heterocycles. The average molecular weight is 648 g/mol. The molecular weight excluding hydrogens is 613 g/mol. The Balaban J connectivity index is 1.39. The van der Waals surface area contributed by atoms with Gasteiger partial charge in [-0.05, 0) is 47.5 Å². The van der Waals surface area contributed by atoms with Crippen molar-refractivity contribution in [2.45, 2.75) is 0 Å². The Morgan fingerprint density at radius 3 is 1.84 bits per heavy atom. The normalized spacial score (nSPS) is 13.6. The molecule has 0 saturated heterocycles. The molecule has 0 saturated carbocycles. The van der Waals surface area contributed by atoms with Crippen LogP contribution in [-0.2, 0) is 0 Å². The van der Waals surface area contributed by atoms with Gasteiger partial charge in [0.15, 0.2) is 17.5 Å². The minimum absolute atomic E-state index is 0.0437. The van der Waals surface area contributed by atoms with Gasteiger partial charge >= 0.3 is 0 Å². The van der Waals surface area contributed by atoms with E-state index in [0.717, 1.165) is 16.5 Å². The zero-order valence-corrected chi connectivity index (χ0v) is 26.3. The molecule has 10 aromatic rings. The molecule has 0 amide bonds. The van der Waals surface area contributed by atoms with E-state index >= 15 is 0 Å². The summed E-state index contributed by atoms with van der Waals surface area (Å²) in [4.78, 5) is 14.7. The lowest BCUT2D eigenvalue weighted by atomic mass is 10.0. The molecule has 0 radical (unpaired) electrons. The molecule has 0 aliphatic carbocycles. The first kappa shape index (κ1) is 21.9. The molecular formula is C45H28N4O. The van der Waals surface area contributed by atoms with E-state index in [4.69, 9.17) is 23.5 Å². The van der Waals surface area contributed by atoms with Gasteiger partial charge in [-0.2, -0.15) is 0 Å². The van der Waals surface area contributed by atoms with Gasteiger partial charge in [0.05, 0.1) is 31.7 Å². The lowest BCUT2D eigenvalue weighted by Gasteiger charge is -2.13. The molecule has 0 atom stereocenters. The number of para-hydroxylation sites is 2. The monoisotopic (exact) mass is 647 g/mol. The predicted molar refractivity (Wildman–Crippen MR) is 203 cm³/mol. The Bertz CT molecular complexity index is 3200. The lowest BCUT2D eigenvalue weighted by molar-refractivity contribution is 0.669. The molecule has 5 heteroatoms. The van der Waals surface area contributed by atoms with E-state index in [1.807, 2.05) is 121 Å². The molecule has 10 rings (SSSR count). The zero-order chi connectivity index (χ0) is 39.1. The second-order valence-electron chi connectivity index (χ2n) is 11.9. The summed E-state index contributed by atoms with van der Waals surface area (Å²) in [6.07, 6.45) is 0. The lowest BCUT2D eigenvalue weighted by Crippen LogP contribution is -2.02. The van der Waals surface area contributed by atoms with E-state index in [1.54, 1.807) is 10.6 Å². The molecule has 3 aromatic heterocycles. The van der Waals surface area contributed by atoms with E-state index in [1.165, 1.54) is 0 Å². The highest BCUT2D eigenvalue weighted by atomic mass is 16.3. The third-order valence-electron chi connectivity index (χ3n) is 8.96. The summed E-state index contributed by atoms with van der Waals surface area (Å²) in [6, 6.07) is 37.2. The number of nitrogens with zero attached hydrogens (tertiary/aromatic N) is 4. The maximum absolute atomic E-state index is 9.49. The molecule has 0 fully saturated rings. The molecule has 0 unspecified atom stereocenters. The molecule has 234 valence electrons. The van der Waals surface area contributed by atoms with Crippen LogP contribution in [0.5, 0.6) is 0 Å². The van der Waals surface area contributed by atoms with Crippen molar-refractivity contribution in [3.05, 3.63) is 170 Å². The number of hydrogen-bond donors (Lipinski definition) is 0. The molecule has 0 N–H and O–H groups in total. The second-order valence-corrected chi connectivity index (χ2v) is 11.9. The van der Waals surface area contributed by atoms with Crippen LogP contribution in [0.1, 0.15) is 9.60 Å². The first-order chi connectivity index (χ1) is 27.7. The van der Waals surface area contributed by atoms with Gasteiger partial charge in [-0.25, -0.2) is 15.0 Å². The zero-order valence-electron chi connectivity index (χ0n) is 33.3. The largest absolute Gasteiger partial charge is 0.456 e. The smallest absolute Gasteiger partial charge is 0.166 e. The Morgan fingerprint density at radius 2 is 1.12 bits per heavy atom. The van der Waals surface area contributed by atoms with Crippen molar-refractivity contribution in [2.75, 3.05) is 0 Å². The Labute approximate surface area is 297 Å². The SMILES string of the molecule is [2H]c1c([2H])c([2H])c2c(c1[2H])c1c([2H])c([2H])c([2H])c(-c3nc(-c4ccccc4)nc(-c4ccccc4)n3)c1n2-c1cccc2oc3cc(-c4ccccc4)ccc3c12. The highest BCUT2D eigenvalue weighted by Gasteiger charge is 2.22. The second kappa shape index (κ2) is 11.4. The molecule has 0 aliphatic rings. The third-order valence-corrected chi connectivity index (χ3v) is 8.96. The maximum Gasteiger partial charge on any atom is 0.166 e. The summed E-state index contributed by atoms with van der Waals surface area (Å²) in [6.45, 7) is 0. The number of furan rings is 1. The van der Waals surface area contributed by atoms with E-state index < -0.39 is 18.1 Å². The van der Waals surface area contributed by atoms with Crippen molar-refractivity contribution in [3.63, 3.8) is 0 Å². The van der Waals surface area contributed by atoms with Gasteiger partial charge < -0.3 is 8.98 Å². The van der Waals surface area contributed by atoms with Crippen molar-refractivity contribution in [1.82, 2.24) is 19.5 Å². The van der Waals surface area contributed by atoms with Gasteiger partial charge in [0.25, 0.3) is 0 Å². The third kappa shape index (κ3) is 4.52. The van der Waals surface area contributed by atoms with E-state index in [2.05, 4.69) is 0 Å². The van der Waals surface area contributed by atoms with Gasteiger partial charge in [-0.15, -0.1) is 0 Å². The van der Waals surface area contributed by atoms with E-state index in [0.29, 0.717) is 45.0 Å². The summed E-state index contributed by atoms with van der Waals surface area (Å²) in [5.74, 6) is 0.678. The van der Waals surface area contributed by atoms with Crippen molar-refractivity contribution in [1.29, 1.82) is 0 Å². The van der Waals surface area contributed by atoms with E-state index in [9.17, 15) is 5.48 Å². The summed E-state index contributed by atoms with van der Waals surface area (Å²) in [5.41, 5.74) is 5.32. The van der Waals surface area contributed by atoms with Crippen LogP contribution in [0, 0.1) is 0 Å². The first-order valence-corrected chi connectivity index (χ1v) is 16.1. The fraction of sp³-hybridized carbons (Fsp3) is 0. The van der Waals surface area contributed by atoms with Crippen molar-refractivity contribution >= 4 is 43.7 Å². The van der Waals surface area contributed by atoms with Crippen molar-refractivity contribution < 1.29 is 14.0 Å². The maximum atomic E-state index is 9.49.